The molecule has 1 aromatic carbocycles. The van der Waals surface area contributed by atoms with Gasteiger partial charge in [0.05, 0.1) is 0 Å². The number of carbonyl (C=O) groups is 1. The Balaban J connectivity index is 0.00000256. The summed E-state index contributed by atoms with van der Waals surface area (Å²) in [5.41, 5.74) is 0.793. The smallest absolute Gasteiger partial charge is 0.550 e. The zero-order chi connectivity index (χ0) is 12.0. The molecule has 0 heterocycles. The summed E-state index contributed by atoms with van der Waals surface area (Å²) in [7, 11) is 2.98. The number of rotatable bonds is 6. The van der Waals surface area contributed by atoms with Gasteiger partial charge in [0.15, 0.2) is 5.79 Å². The van der Waals surface area contributed by atoms with Gasteiger partial charge in [-0.2, -0.15) is 0 Å². The van der Waals surface area contributed by atoms with Crippen LogP contribution in [0.5, 0.6) is 0 Å². The molecule has 0 unspecified atom stereocenters. The minimum absolute atomic E-state index is 0. The zero-order valence-corrected chi connectivity index (χ0v) is 13.6. The van der Waals surface area contributed by atoms with Crippen LogP contribution < -0.4 is 56.5 Å². The van der Waals surface area contributed by atoms with Crippen LogP contribution in [0.15, 0.2) is 30.3 Å². The predicted molar refractivity (Wildman–Crippen MR) is 56.4 cm³/mol. The van der Waals surface area contributed by atoms with E-state index in [2.05, 4.69) is 0 Å². The van der Waals surface area contributed by atoms with Gasteiger partial charge in [0.2, 0.25) is 0 Å². The van der Waals surface area contributed by atoms with Crippen molar-refractivity contribution in [3.63, 3.8) is 0 Å². The van der Waals surface area contributed by atoms with Crippen molar-refractivity contribution in [3.8, 4) is 0 Å². The summed E-state index contributed by atoms with van der Waals surface area (Å²) in [5.74, 6) is -2.13. The van der Waals surface area contributed by atoms with Crippen LogP contribution in [0, 0.1) is 0 Å². The van der Waals surface area contributed by atoms with Crippen LogP contribution in [0.4, 0.5) is 0 Å². The summed E-state index contributed by atoms with van der Waals surface area (Å²) in [6.45, 7) is 0. The maximum absolute atomic E-state index is 10.5. The SMILES string of the molecule is COC(CCC(=O)[O-])(OC)c1ccccc1.[K+]. The summed E-state index contributed by atoms with van der Waals surface area (Å²) < 4.78 is 10.6. The number of methoxy groups -OCH3 is 2. The molecular weight excluding hydrogens is 247 g/mol. The number of hydrogen-bond acceptors (Lipinski definition) is 4. The van der Waals surface area contributed by atoms with E-state index in [1.807, 2.05) is 30.3 Å². The Morgan fingerprint density at radius 1 is 1.24 bits per heavy atom. The van der Waals surface area contributed by atoms with E-state index in [1.165, 1.54) is 14.2 Å². The molecule has 0 amide bonds. The fourth-order valence-corrected chi connectivity index (χ4v) is 1.63. The number of hydrogen-bond donors (Lipinski definition) is 0. The molecule has 0 spiro atoms. The van der Waals surface area contributed by atoms with Gasteiger partial charge in [0.25, 0.3) is 0 Å². The maximum Gasteiger partial charge on any atom is 1.00 e. The average molecular weight is 262 g/mol. The molecule has 0 N–H and O–H groups in total. The van der Waals surface area contributed by atoms with Gasteiger partial charge in [-0.05, 0) is 6.42 Å². The van der Waals surface area contributed by atoms with Crippen LogP contribution in [0.1, 0.15) is 18.4 Å². The van der Waals surface area contributed by atoms with Crippen LogP contribution in [0.25, 0.3) is 0 Å². The Labute approximate surface area is 144 Å². The van der Waals surface area contributed by atoms with Gasteiger partial charge in [-0.25, -0.2) is 0 Å². The second-order valence-corrected chi connectivity index (χ2v) is 3.40. The standard InChI is InChI=1S/C12H16O4.K/c1-15-12(16-2,9-8-11(13)14)10-6-4-3-5-7-10;/h3-7H,8-9H2,1-2H3,(H,13,14);/q;+1/p-1. The van der Waals surface area contributed by atoms with E-state index in [0.29, 0.717) is 0 Å². The van der Waals surface area contributed by atoms with Crippen LogP contribution >= 0.6 is 0 Å². The number of carboxylic acid groups (broad SMARTS) is 1. The molecule has 0 fully saturated rings. The van der Waals surface area contributed by atoms with Gasteiger partial charge in [-0.1, -0.05) is 30.3 Å². The third kappa shape index (κ3) is 4.79. The van der Waals surface area contributed by atoms with Gasteiger partial charge in [-0.15, -0.1) is 0 Å². The first-order valence-electron chi connectivity index (χ1n) is 5.00. The van der Waals surface area contributed by atoms with Crippen molar-refractivity contribution >= 4 is 5.97 Å². The van der Waals surface area contributed by atoms with Crippen LogP contribution in [0.2, 0.25) is 0 Å². The zero-order valence-electron chi connectivity index (χ0n) is 10.4. The summed E-state index contributed by atoms with van der Waals surface area (Å²) in [6.07, 6.45) is 0.100. The van der Waals surface area contributed by atoms with Crippen molar-refractivity contribution in [2.24, 2.45) is 0 Å². The summed E-state index contributed by atoms with van der Waals surface area (Å²) in [4.78, 5) is 10.5. The first-order valence-corrected chi connectivity index (χ1v) is 5.00. The van der Waals surface area contributed by atoms with Gasteiger partial charge in [-0.3, -0.25) is 0 Å². The monoisotopic (exact) mass is 262 g/mol. The first-order chi connectivity index (χ1) is 7.64. The summed E-state index contributed by atoms with van der Waals surface area (Å²) >= 11 is 0. The number of ether oxygens (including phenoxy) is 2. The van der Waals surface area contributed by atoms with Crippen LogP contribution in [-0.2, 0) is 20.1 Å². The molecule has 0 aliphatic carbocycles. The van der Waals surface area contributed by atoms with Crippen molar-refractivity contribution in [2.75, 3.05) is 14.2 Å². The molecule has 5 heteroatoms. The molecule has 0 saturated heterocycles. The van der Waals surface area contributed by atoms with E-state index < -0.39 is 11.8 Å². The Hall–Kier alpha value is 0.246. The number of carboxylic acids is 1. The molecule has 0 saturated carbocycles. The van der Waals surface area contributed by atoms with E-state index in [-0.39, 0.29) is 64.2 Å². The quantitative estimate of drug-likeness (QED) is 0.426. The molecule has 0 aromatic heterocycles. The largest absolute Gasteiger partial charge is 1.00 e. The molecule has 0 bridgehead atoms. The normalized spacial score (nSPS) is 10.7. The molecular formula is C12H15KO4. The summed E-state index contributed by atoms with van der Waals surface area (Å²) in [5, 5.41) is 10.5. The van der Waals surface area contributed by atoms with Crippen molar-refractivity contribution in [1.29, 1.82) is 0 Å². The van der Waals surface area contributed by atoms with E-state index in [9.17, 15) is 9.90 Å². The molecule has 17 heavy (non-hydrogen) atoms. The second-order valence-electron chi connectivity index (χ2n) is 3.40. The van der Waals surface area contributed by atoms with Gasteiger partial charge < -0.3 is 19.4 Å². The third-order valence-corrected chi connectivity index (χ3v) is 2.53. The molecule has 1 rings (SSSR count). The fraction of sp³-hybridized carbons (Fsp3) is 0.417. The van der Waals surface area contributed by atoms with Crippen molar-refractivity contribution in [3.05, 3.63) is 35.9 Å². The Morgan fingerprint density at radius 2 is 1.76 bits per heavy atom. The van der Waals surface area contributed by atoms with E-state index >= 15 is 0 Å². The van der Waals surface area contributed by atoms with Gasteiger partial charge in [0.1, 0.15) is 0 Å². The summed E-state index contributed by atoms with van der Waals surface area (Å²) in [6, 6.07) is 9.24. The van der Waals surface area contributed by atoms with Crippen LogP contribution in [-0.4, -0.2) is 20.2 Å². The van der Waals surface area contributed by atoms with Gasteiger partial charge in [0, 0.05) is 32.2 Å². The molecule has 0 aliphatic heterocycles. The van der Waals surface area contributed by atoms with Gasteiger partial charge >= 0.3 is 51.4 Å². The van der Waals surface area contributed by atoms with E-state index in [1.54, 1.807) is 0 Å². The van der Waals surface area contributed by atoms with E-state index in [4.69, 9.17) is 9.47 Å². The van der Waals surface area contributed by atoms with Crippen molar-refractivity contribution in [2.45, 2.75) is 18.6 Å². The first kappa shape index (κ1) is 17.2. The van der Waals surface area contributed by atoms with Crippen molar-refractivity contribution in [1.82, 2.24) is 0 Å². The molecule has 0 aliphatic rings. The van der Waals surface area contributed by atoms with Crippen LogP contribution in [0.3, 0.4) is 0 Å². The molecule has 0 radical (unpaired) electrons. The average Bonchev–Trinajstić information content (AvgIpc) is 2.32. The van der Waals surface area contributed by atoms with E-state index in [0.717, 1.165) is 5.56 Å². The predicted octanol–water partition coefficient (Wildman–Crippen LogP) is -2.33. The Bertz CT molecular complexity index is 336. The minimum Gasteiger partial charge on any atom is -0.550 e. The molecule has 1 aromatic rings. The Morgan fingerprint density at radius 3 is 2.18 bits per heavy atom. The fourth-order valence-electron chi connectivity index (χ4n) is 1.63. The molecule has 4 nitrogen and oxygen atoms in total. The minimum atomic E-state index is -1.12. The number of benzene rings is 1. The number of aliphatic carboxylic acids is 1. The molecule has 88 valence electrons. The number of carbonyl (C=O) groups excluding carboxylic acids is 1. The molecule has 0 atom stereocenters. The topological polar surface area (TPSA) is 58.6 Å². The maximum atomic E-state index is 10.5. The Kier molecular flexibility index (Phi) is 8.49. The second kappa shape index (κ2) is 8.37. The van der Waals surface area contributed by atoms with Crippen molar-refractivity contribution < 1.29 is 70.8 Å². The third-order valence-electron chi connectivity index (χ3n) is 2.53.